The first-order valence-electron chi connectivity index (χ1n) is 29.2. The Morgan fingerprint density at radius 1 is 0.295 bits per heavy atom. The van der Waals surface area contributed by atoms with E-state index in [1.54, 1.807) is 129 Å². The predicted molar refractivity (Wildman–Crippen MR) is 346 cm³/mol. The van der Waals surface area contributed by atoms with Crippen LogP contribution in [-0.2, 0) is 43.4 Å². The van der Waals surface area contributed by atoms with Crippen molar-refractivity contribution in [3.8, 4) is 45.3 Å². The standard InChI is InChI=1S/2C28H24N2O2.C6H14.4C3H7O.2Ti/c2*1-19-9-7-13-23(29-17-21-11-3-5-15-25(21)31)27(19)28-20(2)10-8-14-24(28)30-18-22-12-4-6-16-26(22)32;1-3-5-6-4-2;4*1-3(2)4;;/h2*3-18,31-32H,1-2H3;3-6H2,1-2H3;4*3H,1-2H3;;/q;;;4*-1;2*+4/p-4. The van der Waals surface area contributed by atoms with Crippen molar-refractivity contribution in [2.45, 2.75) is 147 Å². The van der Waals surface area contributed by atoms with Crippen molar-refractivity contribution in [3.63, 3.8) is 0 Å². The van der Waals surface area contributed by atoms with Gasteiger partial charge in [-0.2, -0.15) is 0 Å². The number of hydrogen-bond donors (Lipinski definition) is 0. The molecule has 0 bridgehead atoms. The van der Waals surface area contributed by atoms with Gasteiger partial charge in [0.2, 0.25) is 0 Å². The molecule has 0 spiro atoms. The van der Waals surface area contributed by atoms with Crippen molar-refractivity contribution >= 4 is 47.6 Å². The summed E-state index contributed by atoms with van der Waals surface area (Å²) in [7, 11) is 0. The minimum atomic E-state index is -0.417. The van der Waals surface area contributed by atoms with Crippen molar-refractivity contribution in [3.05, 3.63) is 214 Å². The quantitative estimate of drug-likeness (QED) is 0.0610. The van der Waals surface area contributed by atoms with E-state index in [9.17, 15) is 40.9 Å². The summed E-state index contributed by atoms with van der Waals surface area (Å²) in [6.45, 7) is 25.5. The first-order valence-corrected chi connectivity index (χ1v) is 29.2. The van der Waals surface area contributed by atoms with E-state index in [1.807, 2.05) is 125 Å². The Balaban J connectivity index is 0.00000126. The Kier molecular flexibility index (Phi) is 41.6. The molecule has 0 aliphatic rings. The van der Waals surface area contributed by atoms with Gasteiger partial charge in [-0.25, -0.2) is 0 Å². The Morgan fingerprint density at radius 2 is 0.466 bits per heavy atom. The smallest absolute Gasteiger partial charge is 0.872 e. The van der Waals surface area contributed by atoms with Gasteiger partial charge in [0.05, 0.1) is 22.7 Å². The SMILES string of the molecule is CC(C)[O-].CC(C)[O-].CC(C)[O-].CC(C)[O-].CCCCCC.Cc1cccc(N=Cc2ccccc2[O-])c1-c1c(C)cccc1N=Cc1ccccc1[O-].Cc1cccc(N=Cc2ccccc2[O-])c1-c1c(C)cccc1N=Cc1ccccc1[O-].[Ti+4].[Ti+4]. The van der Waals surface area contributed by atoms with Gasteiger partial charge in [-0.3, -0.25) is 20.0 Å². The molecule has 0 saturated carbocycles. The van der Waals surface area contributed by atoms with Gasteiger partial charge < -0.3 is 40.9 Å². The predicted octanol–water partition coefficient (Wildman–Crippen LogP) is 12.8. The fourth-order valence-corrected chi connectivity index (χ4v) is 7.75. The van der Waals surface area contributed by atoms with Crippen LogP contribution in [0.5, 0.6) is 23.0 Å². The van der Waals surface area contributed by atoms with Crippen molar-refractivity contribution < 1.29 is 84.3 Å². The summed E-state index contributed by atoms with van der Waals surface area (Å²) >= 11 is 0. The molecule has 12 nitrogen and oxygen atoms in total. The number of unbranched alkanes of at least 4 members (excludes halogenated alkanes) is 3. The van der Waals surface area contributed by atoms with Crippen LogP contribution >= 0.6 is 0 Å². The van der Waals surface area contributed by atoms with Gasteiger partial charge in [0.25, 0.3) is 0 Å². The summed E-state index contributed by atoms with van der Waals surface area (Å²) in [4.78, 5) is 18.6. The second kappa shape index (κ2) is 45.2. The number of hydrogen-bond acceptors (Lipinski definition) is 12. The molecule has 8 rings (SSSR count). The van der Waals surface area contributed by atoms with Gasteiger partial charge in [0, 0.05) is 47.1 Å². The van der Waals surface area contributed by atoms with E-state index in [1.165, 1.54) is 49.9 Å². The van der Waals surface area contributed by atoms with Crippen LogP contribution < -0.4 is 40.9 Å². The monoisotopic (exact) mass is 1250 g/mol. The average Bonchev–Trinajstić information content (AvgIpc) is 2.21. The van der Waals surface area contributed by atoms with Gasteiger partial charge in [0.1, 0.15) is 0 Å². The molecule has 88 heavy (non-hydrogen) atoms. The Hall–Kier alpha value is -7.09. The molecular weight excluding hydrogens is 1170 g/mol. The Labute approximate surface area is 554 Å². The van der Waals surface area contributed by atoms with Crippen LogP contribution in [-0.4, -0.2) is 49.3 Å². The van der Waals surface area contributed by atoms with Crippen molar-refractivity contribution in [1.82, 2.24) is 0 Å². The minimum Gasteiger partial charge on any atom is -0.872 e. The zero-order valence-corrected chi connectivity index (χ0v) is 56.8. The van der Waals surface area contributed by atoms with Crippen LogP contribution in [0.2, 0.25) is 0 Å². The number of para-hydroxylation sites is 4. The van der Waals surface area contributed by atoms with Crippen LogP contribution in [0.1, 0.15) is 139 Å². The molecule has 458 valence electrons. The van der Waals surface area contributed by atoms with Crippen LogP contribution in [0.15, 0.2) is 190 Å². The molecule has 0 unspecified atom stereocenters. The van der Waals surface area contributed by atoms with Crippen LogP contribution in [0.4, 0.5) is 22.7 Å². The Morgan fingerprint density at radius 3 is 0.625 bits per heavy atom. The van der Waals surface area contributed by atoms with Gasteiger partial charge in [-0.05, 0) is 96.5 Å². The maximum atomic E-state index is 12.1. The topological polar surface area (TPSA) is 234 Å². The second-order valence-electron chi connectivity index (χ2n) is 21.0. The molecule has 14 heteroatoms. The van der Waals surface area contributed by atoms with Crippen molar-refractivity contribution in [2.24, 2.45) is 20.0 Å². The van der Waals surface area contributed by atoms with Gasteiger partial charge in [0.15, 0.2) is 0 Å². The van der Waals surface area contributed by atoms with Gasteiger partial charge in [-0.15, -0.1) is 47.4 Å². The van der Waals surface area contributed by atoms with Crippen LogP contribution in [0.25, 0.3) is 22.3 Å². The van der Waals surface area contributed by atoms with Crippen molar-refractivity contribution in [1.29, 1.82) is 0 Å². The molecule has 0 fully saturated rings. The molecule has 0 aromatic heterocycles. The minimum absolute atomic E-state index is 0. The fourth-order valence-electron chi connectivity index (χ4n) is 7.75. The molecule has 0 amide bonds. The summed E-state index contributed by atoms with van der Waals surface area (Å²) in [5.74, 6) is -0.267. The van der Waals surface area contributed by atoms with Gasteiger partial charge in [-0.1, -0.05) is 241 Å². The zero-order chi connectivity index (χ0) is 64.1. The molecular formula is C74H86N4O8Ti2. The summed E-state index contributed by atoms with van der Waals surface area (Å²) in [5.41, 5.74) is 13.2. The third-order valence-corrected chi connectivity index (χ3v) is 11.5. The molecule has 8 aromatic carbocycles. The van der Waals surface area contributed by atoms with E-state index in [2.05, 4.69) is 33.8 Å². The van der Waals surface area contributed by atoms with Gasteiger partial charge >= 0.3 is 43.4 Å². The third-order valence-electron chi connectivity index (χ3n) is 11.5. The molecule has 0 atom stereocenters. The summed E-state index contributed by atoms with van der Waals surface area (Å²) in [6, 6.07) is 50.9. The van der Waals surface area contributed by atoms with E-state index >= 15 is 0 Å². The molecule has 8 aromatic rings. The van der Waals surface area contributed by atoms with E-state index in [4.69, 9.17) is 0 Å². The number of benzene rings is 8. The maximum absolute atomic E-state index is 12.1. The molecule has 0 saturated heterocycles. The summed E-state index contributed by atoms with van der Waals surface area (Å²) in [5, 5.41) is 86.4. The van der Waals surface area contributed by atoms with Crippen LogP contribution in [0.3, 0.4) is 0 Å². The number of aliphatic imine (C=N–C) groups is 4. The zero-order valence-electron chi connectivity index (χ0n) is 53.7. The molecule has 0 heterocycles. The molecule has 0 radical (unpaired) electrons. The number of rotatable bonds is 13. The molecule has 0 aliphatic carbocycles. The second-order valence-corrected chi connectivity index (χ2v) is 21.0. The number of aryl methyl sites for hydroxylation is 4. The van der Waals surface area contributed by atoms with E-state index in [0.717, 1.165) is 67.3 Å². The first kappa shape index (κ1) is 80.9. The summed E-state index contributed by atoms with van der Waals surface area (Å²) in [6.07, 6.45) is 10.3. The molecule has 0 aliphatic heterocycles. The van der Waals surface area contributed by atoms with E-state index in [-0.39, 0.29) is 66.4 Å². The maximum Gasteiger partial charge on any atom is 4.00 e. The largest absolute Gasteiger partial charge is 4.00 e. The normalized spacial score (nSPS) is 10.6. The van der Waals surface area contributed by atoms with Crippen molar-refractivity contribution in [2.75, 3.05) is 0 Å². The summed E-state index contributed by atoms with van der Waals surface area (Å²) < 4.78 is 0. The molecule has 0 N–H and O–H groups in total. The van der Waals surface area contributed by atoms with E-state index in [0.29, 0.717) is 22.3 Å². The Bertz CT molecular complexity index is 2920. The van der Waals surface area contributed by atoms with E-state index < -0.39 is 24.4 Å². The first-order chi connectivity index (χ1) is 40.9. The number of nitrogens with zero attached hydrogens (tertiary/aromatic N) is 4. The average molecular weight is 1260 g/mol. The van der Waals surface area contributed by atoms with Crippen LogP contribution in [0, 0.1) is 27.7 Å². The third kappa shape index (κ3) is 31.2. The fraction of sp³-hybridized carbons (Fsp3) is 0.297.